The number of rotatable bonds is 6. The lowest BCUT2D eigenvalue weighted by Crippen LogP contribution is -2.30. The van der Waals surface area contributed by atoms with Crippen molar-refractivity contribution in [1.82, 2.24) is 14.9 Å². The minimum absolute atomic E-state index is 0.0228. The van der Waals surface area contributed by atoms with E-state index >= 15 is 0 Å². The highest BCUT2D eigenvalue weighted by Crippen LogP contribution is 2.20. The van der Waals surface area contributed by atoms with E-state index in [4.69, 9.17) is 5.11 Å². The molecule has 2 rings (SSSR count). The maximum absolute atomic E-state index is 12.0. The van der Waals surface area contributed by atoms with E-state index in [-0.39, 0.29) is 24.2 Å². The van der Waals surface area contributed by atoms with Crippen molar-refractivity contribution in [3.63, 3.8) is 0 Å². The number of hydrogen-bond acceptors (Lipinski definition) is 4. The van der Waals surface area contributed by atoms with Gasteiger partial charge < -0.3 is 15.0 Å². The van der Waals surface area contributed by atoms with Gasteiger partial charge in [0.25, 0.3) is 0 Å². The maximum atomic E-state index is 12.0. The first-order valence-corrected chi connectivity index (χ1v) is 7.45. The lowest BCUT2D eigenvalue weighted by Gasteiger charge is -2.12. The van der Waals surface area contributed by atoms with Crippen LogP contribution in [0.5, 0.6) is 0 Å². The van der Waals surface area contributed by atoms with E-state index in [1.165, 1.54) is 15.5 Å². The lowest BCUT2D eigenvalue weighted by atomic mass is 10.3. The number of carboxylic acid groups (broad SMARTS) is 1. The quantitative estimate of drug-likeness (QED) is 0.856. The van der Waals surface area contributed by atoms with Crippen LogP contribution in [0, 0.1) is 0 Å². The van der Waals surface area contributed by atoms with Crippen LogP contribution >= 0.6 is 11.3 Å². The standard InChI is InChI=1S/C14H17N3O3S/c1-3-10-7-15-13(21-10)9(2)16-12(18)8-17-6-4-5-11(17)14(19)20/h4-7,9H,3,8H2,1-2H3,(H,16,18)(H,19,20). The van der Waals surface area contributed by atoms with Crippen LogP contribution in [0.3, 0.4) is 0 Å². The van der Waals surface area contributed by atoms with Gasteiger partial charge >= 0.3 is 5.97 Å². The van der Waals surface area contributed by atoms with Crippen molar-refractivity contribution in [2.24, 2.45) is 0 Å². The molecule has 1 atom stereocenters. The molecule has 2 heterocycles. The van der Waals surface area contributed by atoms with Crippen LogP contribution in [-0.4, -0.2) is 26.5 Å². The zero-order valence-corrected chi connectivity index (χ0v) is 12.7. The first-order valence-electron chi connectivity index (χ1n) is 6.63. The molecule has 0 aliphatic rings. The number of aromatic nitrogens is 2. The summed E-state index contributed by atoms with van der Waals surface area (Å²) in [4.78, 5) is 28.4. The van der Waals surface area contributed by atoms with Crippen LogP contribution < -0.4 is 5.32 Å². The van der Waals surface area contributed by atoms with Crippen molar-refractivity contribution in [2.75, 3.05) is 0 Å². The van der Waals surface area contributed by atoms with Crippen molar-refractivity contribution < 1.29 is 14.7 Å². The molecule has 0 radical (unpaired) electrons. The molecule has 0 saturated heterocycles. The van der Waals surface area contributed by atoms with E-state index < -0.39 is 5.97 Å². The Hall–Kier alpha value is -2.15. The second-order valence-corrected chi connectivity index (χ2v) is 5.78. The Morgan fingerprint density at radius 1 is 1.52 bits per heavy atom. The van der Waals surface area contributed by atoms with Gasteiger partial charge in [-0.25, -0.2) is 9.78 Å². The minimum Gasteiger partial charge on any atom is -0.477 e. The fourth-order valence-electron chi connectivity index (χ4n) is 1.94. The predicted octanol–water partition coefficient (Wildman–Crippen LogP) is 2.08. The maximum Gasteiger partial charge on any atom is 0.352 e. The van der Waals surface area contributed by atoms with Crippen LogP contribution in [0.15, 0.2) is 24.5 Å². The van der Waals surface area contributed by atoms with Crippen LogP contribution in [0.2, 0.25) is 0 Å². The van der Waals surface area contributed by atoms with Gasteiger partial charge in [0, 0.05) is 17.3 Å². The Labute approximate surface area is 126 Å². The zero-order valence-electron chi connectivity index (χ0n) is 11.9. The SMILES string of the molecule is CCc1cnc(C(C)NC(=O)Cn2cccc2C(=O)O)s1. The number of aromatic carboxylic acids is 1. The second-order valence-electron chi connectivity index (χ2n) is 4.63. The van der Waals surface area contributed by atoms with E-state index in [9.17, 15) is 9.59 Å². The molecule has 0 bridgehead atoms. The number of hydrogen-bond donors (Lipinski definition) is 2. The topological polar surface area (TPSA) is 84.2 Å². The van der Waals surface area contributed by atoms with Crippen molar-refractivity contribution in [2.45, 2.75) is 32.9 Å². The normalized spacial score (nSPS) is 12.1. The molecule has 112 valence electrons. The van der Waals surface area contributed by atoms with Gasteiger partial charge in [-0.15, -0.1) is 11.3 Å². The average molecular weight is 307 g/mol. The molecule has 0 fully saturated rings. The lowest BCUT2D eigenvalue weighted by molar-refractivity contribution is -0.122. The molecule has 1 unspecified atom stereocenters. The van der Waals surface area contributed by atoms with E-state index in [2.05, 4.69) is 17.2 Å². The second kappa shape index (κ2) is 6.53. The van der Waals surface area contributed by atoms with Gasteiger partial charge in [-0.3, -0.25) is 4.79 Å². The van der Waals surface area contributed by atoms with Gasteiger partial charge in [0.05, 0.1) is 6.04 Å². The number of carbonyl (C=O) groups is 2. The fraction of sp³-hybridized carbons (Fsp3) is 0.357. The summed E-state index contributed by atoms with van der Waals surface area (Å²) in [5, 5.41) is 12.7. The Morgan fingerprint density at radius 3 is 2.90 bits per heavy atom. The average Bonchev–Trinajstić information content (AvgIpc) is 3.06. The fourth-order valence-corrected chi connectivity index (χ4v) is 2.80. The third kappa shape index (κ3) is 3.69. The molecule has 2 aromatic heterocycles. The molecule has 2 N–H and O–H groups in total. The number of nitrogens with one attached hydrogen (secondary N) is 1. The molecule has 1 amide bonds. The first-order chi connectivity index (χ1) is 10.0. The summed E-state index contributed by atoms with van der Waals surface area (Å²) in [6, 6.07) is 2.88. The van der Waals surface area contributed by atoms with Crippen molar-refractivity contribution in [3.05, 3.63) is 40.1 Å². The smallest absolute Gasteiger partial charge is 0.352 e. The molecule has 0 saturated carbocycles. The summed E-state index contributed by atoms with van der Waals surface area (Å²) in [6.45, 7) is 3.90. The molecule has 2 aromatic rings. The van der Waals surface area contributed by atoms with Gasteiger partial charge in [0.1, 0.15) is 17.2 Å². The number of nitrogens with zero attached hydrogens (tertiary/aromatic N) is 2. The van der Waals surface area contributed by atoms with Crippen molar-refractivity contribution in [3.8, 4) is 0 Å². The number of amides is 1. The Bertz CT molecular complexity index is 647. The van der Waals surface area contributed by atoms with Gasteiger partial charge in [-0.1, -0.05) is 6.92 Å². The van der Waals surface area contributed by atoms with Crippen LogP contribution in [0.25, 0.3) is 0 Å². The predicted molar refractivity (Wildman–Crippen MR) is 79.4 cm³/mol. The molecular weight excluding hydrogens is 290 g/mol. The summed E-state index contributed by atoms with van der Waals surface area (Å²) >= 11 is 1.57. The van der Waals surface area contributed by atoms with Crippen molar-refractivity contribution >= 4 is 23.2 Å². The molecule has 0 aliphatic heterocycles. The summed E-state index contributed by atoms with van der Waals surface area (Å²) in [5.41, 5.74) is 0.0975. The summed E-state index contributed by atoms with van der Waals surface area (Å²) in [5.74, 6) is -1.29. The first kappa shape index (κ1) is 15.2. The van der Waals surface area contributed by atoms with Gasteiger partial charge in [-0.05, 0) is 25.5 Å². The molecule has 6 nitrogen and oxygen atoms in total. The van der Waals surface area contributed by atoms with E-state index in [1.54, 1.807) is 23.6 Å². The monoisotopic (exact) mass is 307 g/mol. The van der Waals surface area contributed by atoms with Crippen LogP contribution in [-0.2, 0) is 17.8 Å². The molecule has 7 heteroatoms. The summed E-state index contributed by atoms with van der Waals surface area (Å²) < 4.78 is 1.41. The molecule has 21 heavy (non-hydrogen) atoms. The van der Waals surface area contributed by atoms with E-state index in [1.807, 2.05) is 13.1 Å². The van der Waals surface area contributed by atoms with E-state index in [0.717, 1.165) is 11.4 Å². The zero-order chi connectivity index (χ0) is 15.4. The molecule has 0 aliphatic carbocycles. The van der Waals surface area contributed by atoms with E-state index in [0.29, 0.717) is 0 Å². The number of carboxylic acids is 1. The van der Waals surface area contributed by atoms with Gasteiger partial charge in [-0.2, -0.15) is 0 Å². The van der Waals surface area contributed by atoms with Gasteiger partial charge in [0.15, 0.2) is 0 Å². The number of aryl methyl sites for hydroxylation is 1. The molecule has 0 spiro atoms. The highest BCUT2D eigenvalue weighted by molar-refractivity contribution is 7.11. The highest BCUT2D eigenvalue weighted by atomic mass is 32.1. The van der Waals surface area contributed by atoms with Gasteiger partial charge in [0.2, 0.25) is 5.91 Å². The highest BCUT2D eigenvalue weighted by Gasteiger charge is 2.15. The molecule has 0 aromatic carbocycles. The minimum atomic E-state index is -1.05. The number of carbonyl (C=O) groups excluding carboxylic acids is 1. The third-order valence-corrected chi connectivity index (χ3v) is 4.35. The third-order valence-electron chi connectivity index (χ3n) is 3.03. The summed E-state index contributed by atoms with van der Waals surface area (Å²) in [7, 11) is 0. The Balaban J connectivity index is 1.98. The van der Waals surface area contributed by atoms with Crippen molar-refractivity contribution in [1.29, 1.82) is 0 Å². The largest absolute Gasteiger partial charge is 0.477 e. The Kier molecular flexibility index (Phi) is 4.74. The van der Waals surface area contributed by atoms with Crippen LogP contribution in [0.1, 0.15) is 40.3 Å². The Morgan fingerprint density at radius 2 is 2.29 bits per heavy atom. The molecular formula is C14H17N3O3S. The number of thiazole rings is 1. The summed E-state index contributed by atoms with van der Waals surface area (Å²) in [6.07, 6.45) is 4.31. The van der Waals surface area contributed by atoms with Crippen LogP contribution in [0.4, 0.5) is 0 Å².